The number of carbonyl (C=O) groups is 1. The SMILES string of the molecule is CCNC(=NCc1ccccc1CN1CCCC1=O)Nc1ccc(OC)c(OCC)c1. The van der Waals surface area contributed by atoms with E-state index in [-0.39, 0.29) is 5.91 Å². The second kappa shape index (κ2) is 11.2. The van der Waals surface area contributed by atoms with Gasteiger partial charge in [-0.05, 0) is 43.5 Å². The minimum Gasteiger partial charge on any atom is -0.493 e. The minimum atomic E-state index is 0.234. The van der Waals surface area contributed by atoms with Gasteiger partial charge in [-0.15, -0.1) is 0 Å². The minimum absolute atomic E-state index is 0.234. The van der Waals surface area contributed by atoms with E-state index >= 15 is 0 Å². The lowest BCUT2D eigenvalue weighted by Crippen LogP contribution is -2.30. The van der Waals surface area contributed by atoms with E-state index in [9.17, 15) is 4.79 Å². The van der Waals surface area contributed by atoms with Crippen LogP contribution < -0.4 is 20.1 Å². The first kappa shape index (κ1) is 22.5. The molecule has 0 bridgehead atoms. The second-order valence-corrected chi connectivity index (χ2v) is 7.31. The first-order valence-corrected chi connectivity index (χ1v) is 10.8. The zero-order chi connectivity index (χ0) is 22.1. The van der Waals surface area contributed by atoms with Crippen LogP contribution >= 0.6 is 0 Å². The van der Waals surface area contributed by atoms with Crippen LogP contribution in [0.3, 0.4) is 0 Å². The van der Waals surface area contributed by atoms with E-state index < -0.39 is 0 Å². The van der Waals surface area contributed by atoms with E-state index in [4.69, 9.17) is 14.5 Å². The quantitative estimate of drug-likeness (QED) is 0.473. The van der Waals surface area contributed by atoms with Gasteiger partial charge in [-0.2, -0.15) is 0 Å². The molecule has 7 heteroatoms. The number of benzene rings is 2. The molecule has 166 valence electrons. The summed E-state index contributed by atoms with van der Waals surface area (Å²) in [5, 5.41) is 6.62. The molecule has 1 heterocycles. The van der Waals surface area contributed by atoms with Crippen LogP contribution in [0.25, 0.3) is 0 Å². The van der Waals surface area contributed by atoms with E-state index in [1.165, 1.54) is 0 Å². The molecule has 2 N–H and O–H groups in total. The smallest absolute Gasteiger partial charge is 0.222 e. The molecule has 1 saturated heterocycles. The Morgan fingerprint density at radius 1 is 1.13 bits per heavy atom. The molecule has 2 aromatic rings. The Balaban J connectivity index is 1.74. The maximum absolute atomic E-state index is 12.0. The van der Waals surface area contributed by atoms with Crippen LogP contribution in [0.15, 0.2) is 47.5 Å². The highest BCUT2D eigenvalue weighted by molar-refractivity contribution is 5.94. The summed E-state index contributed by atoms with van der Waals surface area (Å²) < 4.78 is 11.0. The zero-order valence-corrected chi connectivity index (χ0v) is 18.6. The first-order valence-electron chi connectivity index (χ1n) is 10.8. The van der Waals surface area contributed by atoms with Crippen LogP contribution in [0.2, 0.25) is 0 Å². The summed E-state index contributed by atoms with van der Waals surface area (Å²) in [5.41, 5.74) is 3.12. The third kappa shape index (κ3) is 6.13. The van der Waals surface area contributed by atoms with E-state index in [1.54, 1.807) is 7.11 Å². The summed E-state index contributed by atoms with van der Waals surface area (Å²) in [7, 11) is 1.63. The lowest BCUT2D eigenvalue weighted by molar-refractivity contribution is -0.128. The predicted molar refractivity (Wildman–Crippen MR) is 124 cm³/mol. The largest absolute Gasteiger partial charge is 0.493 e. The predicted octanol–water partition coefficient (Wildman–Crippen LogP) is 3.79. The highest BCUT2D eigenvalue weighted by atomic mass is 16.5. The molecule has 3 rings (SSSR count). The molecule has 1 fully saturated rings. The van der Waals surface area contributed by atoms with E-state index in [0.29, 0.717) is 43.6 Å². The topological polar surface area (TPSA) is 75.2 Å². The van der Waals surface area contributed by atoms with Crippen LogP contribution in [0.4, 0.5) is 5.69 Å². The fourth-order valence-electron chi connectivity index (χ4n) is 3.57. The summed E-state index contributed by atoms with van der Waals surface area (Å²) >= 11 is 0. The number of nitrogens with one attached hydrogen (secondary N) is 2. The van der Waals surface area contributed by atoms with Crippen molar-refractivity contribution in [3.8, 4) is 11.5 Å². The molecule has 1 aliphatic rings. The molecule has 0 radical (unpaired) electrons. The van der Waals surface area contributed by atoms with Crippen molar-refractivity contribution in [2.75, 3.05) is 32.1 Å². The molecule has 0 spiro atoms. The number of anilines is 1. The standard InChI is InChI=1S/C24H32N4O3/c1-4-25-24(27-20-12-13-21(30-3)22(15-20)31-5-2)26-16-18-9-6-7-10-19(18)17-28-14-8-11-23(28)29/h6-7,9-10,12-13,15H,4-5,8,11,14,16-17H2,1-3H3,(H2,25,26,27). The molecular formula is C24H32N4O3. The number of amides is 1. The third-order valence-corrected chi connectivity index (χ3v) is 5.13. The van der Waals surface area contributed by atoms with Crippen LogP contribution in [0.5, 0.6) is 11.5 Å². The summed E-state index contributed by atoms with van der Waals surface area (Å²) in [5.74, 6) is 2.30. The number of methoxy groups -OCH3 is 1. The van der Waals surface area contributed by atoms with Gasteiger partial charge in [0.25, 0.3) is 0 Å². The van der Waals surface area contributed by atoms with Gasteiger partial charge in [0.1, 0.15) is 0 Å². The Morgan fingerprint density at radius 2 is 1.94 bits per heavy atom. The average molecular weight is 425 g/mol. The zero-order valence-electron chi connectivity index (χ0n) is 18.6. The number of rotatable bonds is 9. The van der Waals surface area contributed by atoms with Crippen molar-refractivity contribution >= 4 is 17.6 Å². The fourth-order valence-corrected chi connectivity index (χ4v) is 3.57. The number of hydrogen-bond acceptors (Lipinski definition) is 4. The Kier molecular flexibility index (Phi) is 8.15. The van der Waals surface area contributed by atoms with Gasteiger partial charge >= 0.3 is 0 Å². The van der Waals surface area contributed by atoms with Crippen molar-refractivity contribution < 1.29 is 14.3 Å². The van der Waals surface area contributed by atoms with Gasteiger partial charge in [-0.3, -0.25) is 4.79 Å². The average Bonchev–Trinajstić information content (AvgIpc) is 3.18. The van der Waals surface area contributed by atoms with Crippen LogP contribution in [0.1, 0.15) is 37.8 Å². The van der Waals surface area contributed by atoms with E-state index in [1.807, 2.05) is 49.1 Å². The van der Waals surface area contributed by atoms with Crippen molar-refractivity contribution in [3.63, 3.8) is 0 Å². The van der Waals surface area contributed by atoms with E-state index in [2.05, 4.69) is 22.8 Å². The number of nitrogens with zero attached hydrogens (tertiary/aromatic N) is 2. The molecule has 2 aromatic carbocycles. The van der Waals surface area contributed by atoms with Gasteiger partial charge in [-0.1, -0.05) is 24.3 Å². The van der Waals surface area contributed by atoms with Gasteiger partial charge in [0.05, 0.1) is 20.3 Å². The molecule has 1 amide bonds. The summed E-state index contributed by atoms with van der Waals surface area (Å²) in [4.78, 5) is 18.7. The molecule has 0 aliphatic carbocycles. The molecule has 1 aliphatic heterocycles. The Hall–Kier alpha value is -3.22. The normalized spacial score (nSPS) is 14.0. The molecule has 31 heavy (non-hydrogen) atoms. The summed E-state index contributed by atoms with van der Waals surface area (Å²) in [6, 6.07) is 13.9. The van der Waals surface area contributed by atoms with Crippen molar-refractivity contribution in [2.24, 2.45) is 4.99 Å². The number of hydrogen-bond donors (Lipinski definition) is 2. The number of ether oxygens (including phenoxy) is 2. The van der Waals surface area contributed by atoms with E-state index in [0.717, 1.165) is 36.3 Å². The molecular weight excluding hydrogens is 392 g/mol. The summed E-state index contributed by atoms with van der Waals surface area (Å²) in [6.07, 6.45) is 1.60. The Labute approximate surface area is 184 Å². The molecule has 0 unspecified atom stereocenters. The lowest BCUT2D eigenvalue weighted by Gasteiger charge is -2.18. The van der Waals surface area contributed by atoms with Crippen LogP contribution in [-0.4, -0.2) is 43.6 Å². The third-order valence-electron chi connectivity index (χ3n) is 5.13. The Morgan fingerprint density at radius 3 is 2.61 bits per heavy atom. The maximum atomic E-state index is 12.0. The van der Waals surface area contributed by atoms with Gasteiger partial charge in [-0.25, -0.2) is 4.99 Å². The molecule has 0 aromatic heterocycles. The molecule has 7 nitrogen and oxygen atoms in total. The van der Waals surface area contributed by atoms with Gasteiger partial charge in [0.15, 0.2) is 17.5 Å². The molecule has 0 saturated carbocycles. The number of likely N-dealkylation sites (tertiary alicyclic amines) is 1. The van der Waals surface area contributed by atoms with Crippen molar-refractivity contribution in [2.45, 2.75) is 39.8 Å². The Bertz CT molecular complexity index is 913. The van der Waals surface area contributed by atoms with Crippen molar-refractivity contribution in [1.29, 1.82) is 0 Å². The number of carbonyl (C=O) groups excluding carboxylic acids is 1. The van der Waals surface area contributed by atoms with Crippen LogP contribution in [0, 0.1) is 0 Å². The maximum Gasteiger partial charge on any atom is 0.222 e. The van der Waals surface area contributed by atoms with Crippen LogP contribution in [-0.2, 0) is 17.9 Å². The van der Waals surface area contributed by atoms with Gasteiger partial charge < -0.3 is 25.0 Å². The fraction of sp³-hybridized carbons (Fsp3) is 0.417. The lowest BCUT2D eigenvalue weighted by atomic mass is 10.1. The van der Waals surface area contributed by atoms with Crippen molar-refractivity contribution in [1.82, 2.24) is 10.2 Å². The van der Waals surface area contributed by atoms with Gasteiger partial charge in [0.2, 0.25) is 5.91 Å². The number of guanidine groups is 1. The highest BCUT2D eigenvalue weighted by Crippen LogP contribution is 2.30. The first-order chi connectivity index (χ1) is 15.1. The number of aliphatic imine (C=N–C) groups is 1. The summed E-state index contributed by atoms with van der Waals surface area (Å²) in [6.45, 7) is 7.27. The van der Waals surface area contributed by atoms with Crippen molar-refractivity contribution in [3.05, 3.63) is 53.6 Å². The van der Waals surface area contributed by atoms with Gasteiger partial charge in [0, 0.05) is 37.8 Å². The molecule has 0 atom stereocenters. The second-order valence-electron chi connectivity index (χ2n) is 7.31. The monoisotopic (exact) mass is 424 g/mol. The highest BCUT2D eigenvalue weighted by Gasteiger charge is 2.20.